The molecule has 0 saturated carbocycles. The Labute approximate surface area is 107 Å². The molecule has 0 aromatic heterocycles. The zero-order valence-electron chi connectivity index (χ0n) is 10.5. The topological polar surface area (TPSA) is 35.2 Å². The largest absolute Gasteiger partial charge is 0.497 e. The predicted octanol–water partition coefficient (Wildman–Crippen LogP) is 2.69. The van der Waals surface area contributed by atoms with Crippen molar-refractivity contribution >= 4 is 0 Å². The standard InChI is InChI=1S/C16H17NO/c1-18-13-7-6-12-8-11-4-2-3-5-14(11)16(10-17)15(12)9-13/h2-7,9,16H,8,10,17H2,1H3/t16-/m0/s1. The molecule has 0 radical (unpaired) electrons. The molecule has 1 aliphatic rings. The lowest BCUT2D eigenvalue weighted by molar-refractivity contribution is 0.413. The number of hydrogen-bond acceptors (Lipinski definition) is 2. The Kier molecular flexibility index (Phi) is 2.80. The lowest BCUT2D eigenvalue weighted by atomic mass is 9.78. The van der Waals surface area contributed by atoms with Gasteiger partial charge < -0.3 is 10.5 Å². The van der Waals surface area contributed by atoms with E-state index in [2.05, 4.69) is 36.4 Å². The van der Waals surface area contributed by atoms with Gasteiger partial charge in [-0.15, -0.1) is 0 Å². The van der Waals surface area contributed by atoms with Gasteiger partial charge in [-0.05, 0) is 40.8 Å². The number of ether oxygens (including phenoxy) is 1. The molecule has 2 aromatic rings. The highest BCUT2D eigenvalue weighted by atomic mass is 16.5. The van der Waals surface area contributed by atoms with Crippen LogP contribution in [0.3, 0.4) is 0 Å². The first-order valence-corrected chi connectivity index (χ1v) is 6.28. The molecule has 0 unspecified atom stereocenters. The zero-order chi connectivity index (χ0) is 12.5. The van der Waals surface area contributed by atoms with Gasteiger partial charge in [-0.25, -0.2) is 0 Å². The van der Waals surface area contributed by atoms with E-state index in [1.54, 1.807) is 7.11 Å². The normalized spacial score (nSPS) is 16.9. The van der Waals surface area contributed by atoms with Crippen LogP contribution in [0.25, 0.3) is 0 Å². The highest BCUT2D eigenvalue weighted by Gasteiger charge is 2.24. The molecule has 0 bridgehead atoms. The van der Waals surface area contributed by atoms with Gasteiger partial charge in [0.2, 0.25) is 0 Å². The molecule has 1 aliphatic carbocycles. The fraction of sp³-hybridized carbons (Fsp3) is 0.250. The summed E-state index contributed by atoms with van der Waals surface area (Å²) in [6, 6.07) is 14.9. The van der Waals surface area contributed by atoms with Crippen molar-refractivity contribution in [3.8, 4) is 5.75 Å². The van der Waals surface area contributed by atoms with E-state index < -0.39 is 0 Å². The minimum atomic E-state index is 0.292. The smallest absolute Gasteiger partial charge is 0.119 e. The molecule has 92 valence electrons. The van der Waals surface area contributed by atoms with Crippen molar-refractivity contribution in [2.45, 2.75) is 12.3 Å². The summed E-state index contributed by atoms with van der Waals surface area (Å²) in [5, 5.41) is 0. The average Bonchev–Trinajstić information content (AvgIpc) is 2.44. The molecular formula is C16H17NO. The van der Waals surface area contributed by atoms with Crippen LogP contribution in [0.2, 0.25) is 0 Å². The minimum absolute atomic E-state index is 0.292. The Hall–Kier alpha value is -1.80. The van der Waals surface area contributed by atoms with E-state index >= 15 is 0 Å². The molecule has 0 heterocycles. The van der Waals surface area contributed by atoms with Gasteiger partial charge in [0.15, 0.2) is 0 Å². The van der Waals surface area contributed by atoms with Crippen molar-refractivity contribution in [2.75, 3.05) is 13.7 Å². The Morgan fingerprint density at radius 1 is 1.11 bits per heavy atom. The van der Waals surface area contributed by atoms with Crippen molar-refractivity contribution in [2.24, 2.45) is 5.73 Å². The maximum Gasteiger partial charge on any atom is 0.119 e. The van der Waals surface area contributed by atoms with Crippen LogP contribution in [0.1, 0.15) is 28.2 Å². The number of benzene rings is 2. The zero-order valence-corrected chi connectivity index (χ0v) is 10.5. The summed E-state index contributed by atoms with van der Waals surface area (Å²) in [6.45, 7) is 0.636. The third-order valence-electron chi connectivity index (χ3n) is 3.78. The van der Waals surface area contributed by atoms with E-state index in [0.29, 0.717) is 12.5 Å². The van der Waals surface area contributed by atoms with Crippen LogP contribution in [0.15, 0.2) is 42.5 Å². The molecule has 2 aromatic carbocycles. The van der Waals surface area contributed by atoms with Crippen molar-refractivity contribution in [3.63, 3.8) is 0 Å². The minimum Gasteiger partial charge on any atom is -0.497 e. The lowest BCUT2D eigenvalue weighted by Gasteiger charge is -2.28. The number of hydrogen-bond donors (Lipinski definition) is 1. The van der Waals surface area contributed by atoms with Crippen molar-refractivity contribution < 1.29 is 4.74 Å². The molecule has 2 N–H and O–H groups in total. The molecule has 18 heavy (non-hydrogen) atoms. The number of methoxy groups -OCH3 is 1. The Bertz CT molecular complexity index is 577. The number of fused-ring (bicyclic) bond motifs is 2. The molecule has 3 rings (SSSR count). The monoisotopic (exact) mass is 239 g/mol. The number of nitrogens with two attached hydrogens (primary N) is 1. The Morgan fingerprint density at radius 2 is 1.89 bits per heavy atom. The molecular weight excluding hydrogens is 222 g/mol. The van der Waals surface area contributed by atoms with Gasteiger partial charge in [0.25, 0.3) is 0 Å². The third-order valence-corrected chi connectivity index (χ3v) is 3.78. The van der Waals surface area contributed by atoms with E-state index in [-0.39, 0.29) is 0 Å². The second-order valence-corrected chi connectivity index (χ2v) is 4.73. The molecule has 1 atom stereocenters. The van der Waals surface area contributed by atoms with Crippen LogP contribution in [-0.4, -0.2) is 13.7 Å². The molecule has 0 spiro atoms. The van der Waals surface area contributed by atoms with Gasteiger partial charge in [0.1, 0.15) is 5.75 Å². The first-order valence-electron chi connectivity index (χ1n) is 6.28. The van der Waals surface area contributed by atoms with Crippen LogP contribution in [-0.2, 0) is 6.42 Å². The summed E-state index contributed by atoms with van der Waals surface area (Å²) < 4.78 is 5.32. The fourth-order valence-electron chi connectivity index (χ4n) is 2.85. The summed E-state index contributed by atoms with van der Waals surface area (Å²) in [5.74, 6) is 1.20. The average molecular weight is 239 g/mol. The highest BCUT2D eigenvalue weighted by molar-refractivity contribution is 5.51. The van der Waals surface area contributed by atoms with Gasteiger partial charge in [0, 0.05) is 12.5 Å². The molecule has 0 amide bonds. The van der Waals surface area contributed by atoms with Crippen LogP contribution in [0.5, 0.6) is 5.75 Å². The van der Waals surface area contributed by atoms with E-state index in [1.165, 1.54) is 22.3 Å². The van der Waals surface area contributed by atoms with E-state index in [0.717, 1.165) is 12.2 Å². The second-order valence-electron chi connectivity index (χ2n) is 4.73. The van der Waals surface area contributed by atoms with Crippen molar-refractivity contribution in [1.29, 1.82) is 0 Å². The summed E-state index contributed by atoms with van der Waals surface area (Å²) in [5.41, 5.74) is 11.4. The Morgan fingerprint density at radius 3 is 2.67 bits per heavy atom. The SMILES string of the molecule is COc1ccc2c(c1)[C@@H](CN)c1ccccc1C2. The molecule has 2 nitrogen and oxygen atoms in total. The lowest BCUT2D eigenvalue weighted by Crippen LogP contribution is -2.21. The van der Waals surface area contributed by atoms with Gasteiger partial charge in [-0.3, -0.25) is 0 Å². The van der Waals surface area contributed by atoms with Crippen LogP contribution in [0, 0.1) is 0 Å². The Balaban J connectivity index is 2.15. The van der Waals surface area contributed by atoms with E-state index in [4.69, 9.17) is 10.5 Å². The van der Waals surface area contributed by atoms with E-state index in [9.17, 15) is 0 Å². The van der Waals surface area contributed by atoms with Crippen LogP contribution in [0.4, 0.5) is 0 Å². The molecule has 2 heteroatoms. The van der Waals surface area contributed by atoms with Gasteiger partial charge in [0.05, 0.1) is 7.11 Å². The first-order chi connectivity index (χ1) is 8.83. The van der Waals surface area contributed by atoms with Gasteiger partial charge in [-0.1, -0.05) is 30.3 Å². The summed E-state index contributed by atoms with van der Waals surface area (Å²) >= 11 is 0. The van der Waals surface area contributed by atoms with Crippen molar-refractivity contribution in [3.05, 3.63) is 64.7 Å². The predicted molar refractivity (Wildman–Crippen MR) is 73.1 cm³/mol. The quantitative estimate of drug-likeness (QED) is 0.874. The summed E-state index contributed by atoms with van der Waals surface area (Å²) in [4.78, 5) is 0. The number of rotatable bonds is 2. The highest BCUT2D eigenvalue weighted by Crippen LogP contribution is 2.37. The summed E-state index contributed by atoms with van der Waals surface area (Å²) in [7, 11) is 1.70. The van der Waals surface area contributed by atoms with Crippen molar-refractivity contribution in [1.82, 2.24) is 0 Å². The van der Waals surface area contributed by atoms with E-state index in [1.807, 2.05) is 6.07 Å². The van der Waals surface area contributed by atoms with Gasteiger partial charge in [-0.2, -0.15) is 0 Å². The molecule has 0 aliphatic heterocycles. The fourth-order valence-corrected chi connectivity index (χ4v) is 2.85. The maximum absolute atomic E-state index is 5.98. The van der Waals surface area contributed by atoms with Crippen LogP contribution >= 0.6 is 0 Å². The summed E-state index contributed by atoms with van der Waals surface area (Å²) in [6.07, 6.45) is 0.992. The maximum atomic E-state index is 5.98. The van der Waals surface area contributed by atoms with Gasteiger partial charge >= 0.3 is 0 Å². The third kappa shape index (κ3) is 1.70. The molecule has 0 saturated heterocycles. The second kappa shape index (κ2) is 4.46. The van der Waals surface area contributed by atoms with Crippen LogP contribution < -0.4 is 10.5 Å². The first kappa shape index (κ1) is 11.3. The molecule has 0 fully saturated rings.